The summed E-state index contributed by atoms with van der Waals surface area (Å²) in [6, 6.07) is 25.4. The molecule has 1 fully saturated rings. The van der Waals surface area contributed by atoms with Crippen LogP contribution < -0.4 is 5.32 Å². The summed E-state index contributed by atoms with van der Waals surface area (Å²) >= 11 is 0. The average molecular weight is 427 g/mol. The number of carbonyl (C=O) groups is 2. The minimum atomic E-state index is -0.0958. The number of hydrogen-bond donors (Lipinski definition) is 1. The Kier molecular flexibility index (Phi) is 7.00. The molecule has 0 spiro atoms. The highest BCUT2D eigenvalue weighted by Gasteiger charge is 2.23. The summed E-state index contributed by atoms with van der Waals surface area (Å²) in [5, 5.41) is 2.92. The van der Waals surface area contributed by atoms with Gasteiger partial charge in [0.1, 0.15) is 0 Å². The van der Waals surface area contributed by atoms with E-state index in [1.807, 2.05) is 83.8 Å². The van der Waals surface area contributed by atoms with Crippen LogP contribution in [-0.2, 0) is 12.8 Å². The summed E-state index contributed by atoms with van der Waals surface area (Å²) in [5.74, 6) is 0.604. The molecule has 4 rings (SSSR count). The third kappa shape index (κ3) is 5.44. The number of piperidine rings is 1. The van der Waals surface area contributed by atoms with Crippen LogP contribution in [0.25, 0.3) is 0 Å². The van der Waals surface area contributed by atoms with E-state index >= 15 is 0 Å². The fourth-order valence-corrected chi connectivity index (χ4v) is 4.26. The Morgan fingerprint density at radius 3 is 2.03 bits per heavy atom. The highest BCUT2D eigenvalue weighted by Crippen LogP contribution is 2.23. The van der Waals surface area contributed by atoms with E-state index in [1.165, 1.54) is 11.1 Å². The van der Waals surface area contributed by atoms with E-state index in [4.69, 9.17) is 0 Å². The molecule has 4 nitrogen and oxygen atoms in total. The van der Waals surface area contributed by atoms with Crippen molar-refractivity contribution >= 4 is 17.5 Å². The first-order valence-electron chi connectivity index (χ1n) is 11.5. The number of anilines is 1. The van der Waals surface area contributed by atoms with E-state index in [2.05, 4.69) is 12.2 Å². The molecule has 0 bridgehead atoms. The number of rotatable bonds is 6. The number of nitrogens with one attached hydrogen (secondary N) is 1. The highest BCUT2D eigenvalue weighted by molar-refractivity contribution is 6.04. The van der Waals surface area contributed by atoms with E-state index in [1.54, 1.807) is 0 Å². The molecule has 0 unspecified atom stereocenters. The van der Waals surface area contributed by atoms with Crippen molar-refractivity contribution in [2.24, 2.45) is 5.92 Å². The molecule has 2 amide bonds. The number of nitrogens with zero attached hydrogens (tertiary/aromatic N) is 1. The third-order valence-corrected chi connectivity index (χ3v) is 6.28. The van der Waals surface area contributed by atoms with Gasteiger partial charge in [0, 0.05) is 29.9 Å². The highest BCUT2D eigenvalue weighted by atomic mass is 16.2. The summed E-state index contributed by atoms with van der Waals surface area (Å²) < 4.78 is 0. The van der Waals surface area contributed by atoms with E-state index in [9.17, 15) is 9.59 Å². The summed E-state index contributed by atoms with van der Waals surface area (Å²) in [6.07, 6.45) is 3.98. The van der Waals surface area contributed by atoms with Gasteiger partial charge in [0.2, 0.25) is 0 Å². The second-order valence-corrected chi connectivity index (χ2v) is 8.51. The first-order chi connectivity index (χ1) is 15.6. The maximum atomic E-state index is 12.8. The fraction of sp³-hybridized carbons (Fsp3) is 0.286. The van der Waals surface area contributed by atoms with Gasteiger partial charge in [0.15, 0.2) is 0 Å². The van der Waals surface area contributed by atoms with Crippen LogP contribution in [-0.4, -0.2) is 29.8 Å². The molecule has 3 aromatic carbocycles. The number of para-hydroxylation sites is 1. The lowest BCUT2D eigenvalue weighted by Crippen LogP contribution is -2.38. The van der Waals surface area contributed by atoms with Gasteiger partial charge in [0.05, 0.1) is 0 Å². The summed E-state index contributed by atoms with van der Waals surface area (Å²) in [4.78, 5) is 27.2. The minimum Gasteiger partial charge on any atom is -0.339 e. The smallest absolute Gasteiger partial charge is 0.255 e. The number of aryl methyl sites for hydroxylation is 1. The second kappa shape index (κ2) is 10.3. The van der Waals surface area contributed by atoms with Crippen LogP contribution in [0.1, 0.15) is 51.6 Å². The predicted octanol–water partition coefficient (Wildman–Crippen LogP) is 5.60. The van der Waals surface area contributed by atoms with E-state index < -0.39 is 0 Å². The third-order valence-electron chi connectivity index (χ3n) is 6.28. The van der Waals surface area contributed by atoms with Gasteiger partial charge in [-0.15, -0.1) is 0 Å². The normalized spacial score (nSPS) is 14.2. The van der Waals surface area contributed by atoms with Crippen molar-refractivity contribution < 1.29 is 9.59 Å². The zero-order chi connectivity index (χ0) is 22.3. The Hall–Kier alpha value is -3.40. The van der Waals surface area contributed by atoms with Crippen molar-refractivity contribution in [1.82, 2.24) is 4.90 Å². The van der Waals surface area contributed by atoms with E-state index in [-0.39, 0.29) is 11.8 Å². The van der Waals surface area contributed by atoms with Crippen molar-refractivity contribution in [3.05, 3.63) is 101 Å². The summed E-state index contributed by atoms with van der Waals surface area (Å²) in [7, 11) is 0. The molecule has 0 radical (unpaired) electrons. The molecule has 0 saturated carbocycles. The lowest BCUT2D eigenvalue weighted by molar-refractivity contribution is 0.0690. The Balaban J connectivity index is 1.27. The number of amides is 2. The van der Waals surface area contributed by atoms with Gasteiger partial charge in [-0.05, 0) is 79.1 Å². The van der Waals surface area contributed by atoms with Gasteiger partial charge < -0.3 is 10.2 Å². The van der Waals surface area contributed by atoms with Crippen LogP contribution in [0.5, 0.6) is 0 Å². The lowest BCUT2D eigenvalue weighted by atomic mass is 9.89. The average Bonchev–Trinajstić information content (AvgIpc) is 2.85. The topological polar surface area (TPSA) is 49.4 Å². The van der Waals surface area contributed by atoms with Crippen molar-refractivity contribution in [3.63, 3.8) is 0 Å². The van der Waals surface area contributed by atoms with Crippen LogP contribution >= 0.6 is 0 Å². The van der Waals surface area contributed by atoms with Gasteiger partial charge in [-0.25, -0.2) is 0 Å². The van der Waals surface area contributed by atoms with E-state index in [0.29, 0.717) is 11.5 Å². The van der Waals surface area contributed by atoms with Crippen molar-refractivity contribution in [1.29, 1.82) is 0 Å². The Morgan fingerprint density at radius 1 is 0.812 bits per heavy atom. The molecule has 4 heteroatoms. The van der Waals surface area contributed by atoms with Crippen LogP contribution in [0.4, 0.5) is 5.69 Å². The quantitative estimate of drug-likeness (QED) is 0.558. The second-order valence-electron chi connectivity index (χ2n) is 8.51. The van der Waals surface area contributed by atoms with Crippen molar-refractivity contribution in [2.75, 3.05) is 18.4 Å². The maximum absolute atomic E-state index is 12.8. The number of likely N-dealkylation sites (tertiary alicyclic amines) is 1. The van der Waals surface area contributed by atoms with Gasteiger partial charge >= 0.3 is 0 Å². The molecule has 3 aromatic rings. The van der Waals surface area contributed by atoms with Crippen LogP contribution in [0, 0.1) is 5.92 Å². The van der Waals surface area contributed by atoms with Crippen LogP contribution in [0.15, 0.2) is 78.9 Å². The summed E-state index contributed by atoms with van der Waals surface area (Å²) in [6.45, 7) is 3.72. The molecule has 0 aromatic heterocycles. The molecule has 164 valence electrons. The van der Waals surface area contributed by atoms with Crippen molar-refractivity contribution in [3.8, 4) is 0 Å². The molecule has 0 aliphatic carbocycles. The number of hydrogen-bond acceptors (Lipinski definition) is 2. The zero-order valence-corrected chi connectivity index (χ0v) is 18.6. The molecular weight excluding hydrogens is 396 g/mol. The molecule has 1 aliphatic rings. The lowest BCUT2D eigenvalue weighted by Gasteiger charge is -2.32. The van der Waals surface area contributed by atoms with Crippen molar-refractivity contribution in [2.45, 2.75) is 32.6 Å². The first kappa shape index (κ1) is 21.8. The molecule has 1 heterocycles. The molecule has 1 aliphatic heterocycles. The standard InChI is InChI=1S/C28H30N2O2/c1-2-21-8-14-25(15-9-21)28(32)30-18-16-23(17-19-30)20-22-10-12-24(13-11-22)27(31)29-26-6-4-3-5-7-26/h3-15,23H,2,16-20H2,1H3,(H,29,31). The minimum absolute atomic E-state index is 0.0958. The maximum Gasteiger partial charge on any atom is 0.255 e. The van der Waals surface area contributed by atoms with E-state index in [0.717, 1.165) is 50.0 Å². The first-order valence-corrected chi connectivity index (χ1v) is 11.5. The SMILES string of the molecule is CCc1ccc(C(=O)N2CCC(Cc3ccc(C(=O)Nc4ccccc4)cc3)CC2)cc1. The van der Waals surface area contributed by atoms with Gasteiger partial charge in [-0.1, -0.05) is 49.4 Å². The Labute approximate surface area is 190 Å². The predicted molar refractivity (Wildman–Crippen MR) is 129 cm³/mol. The van der Waals surface area contributed by atoms with Gasteiger partial charge in [-0.2, -0.15) is 0 Å². The molecule has 1 saturated heterocycles. The Morgan fingerprint density at radius 2 is 1.41 bits per heavy atom. The largest absolute Gasteiger partial charge is 0.339 e. The molecular formula is C28H30N2O2. The monoisotopic (exact) mass is 426 g/mol. The fourth-order valence-electron chi connectivity index (χ4n) is 4.26. The summed E-state index contributed by atoms with van der Waals surface area (Å²) in [5.41, 5.74) is 4.73. The van der Waals surface area contributed by atoms with Gasteiger partial charge in [0.25, 0.3) is 11.8 Å². The van der Waals surface area contributed by atoms with Gasteiger partial charge in [-0.3, -0.25) is 9.59 Å². The molecule has 0 atom stereocenters. The number of benzene rings is 3. The number of carbonyl (C=O) groups excluding carboxylic acids is 2. The van der Waals surface area contributed by atoms with Crippen LogP contribution in [0.2, 0.25) is 0 Å². The molecule has 1 N–H and O–H groups in total. The van der Waals surface area contributed by atoms with Crippen LogP contribution in [0.3, 0.4) is 0 Å². The Bertz CT molecular complexity index is 1040. The molecule has 32 heavy (non-hydrogen) atoms. The zero-order valence-electron chi connectivity index (χ0n) is 18.6.